The predicted octanol–water partition coefficient (Wildman–Crippen LogP) is 2.84. The van der Waals surface area contributed by atoms with Crippen LogP contribution >= 0.6 is 0 Å². The molecule has 26 heavy (non-hydrogen) atoms. The summed E-state index contributed by atoms with van der Waals surface area (Å²) in [7, 11) is 0. The maximum atomic E-state index is 12.4. The number of aromatic nitrogens is 2. The molecule has 3 aromatic rings. The molecule has 0 unspecified atom stereocenters. The van der Waals surface area contributed by atoms with Gasteiger partial charge in [-0.25, -0.2) is 4.98 Å². The van der Waals surface area contributed by atoms with Crippen molar-refractivity contribution < 1.29 is 4.79 Å². The van der Waals surface area contributed by atoms with Gasteiger partial charge < -0.3 is 5.32 Å². The first-order valence-corrected chi connectivity index (χ1v) is 8.49. The minimum absolute atomic E-state index is 0.0673. The maximum absolute atomic E-state index is 12.4. The summed E-state index contributed by atoms with van der Waals surface area (Å²) in [4.78, 5) is 29.3. The van der Waals surface area contributed by atoms with Crippen molar-refractivity contribution in [2.24, 2.45) is 0 Å². The van der Waals surface area contributed by atoms with Gasteiger partial charge in [0.05, 0.1) is 0 Å². The normalized spacial score (nSPS) is 10.5. The molecule has 5 nitrogen and oxygen atoms in total. The Bertz CT molecular complexity index is 961. The molecule has 0 aliphatic carbocycles. The molecular formula is C21H21N3O2. The van der Waals surface area contributed by atoms with E-state index in [1.54, 1.807) is 6.92 Å². The molecule has 0 aliphatic rings. The molecule has 1 heterocycles. The summed E-state index contributed by atoms with van der Waals surface area (Å²) in [5.41, 5.74) is 3.39. The third kappa shape index (κ3) is 4.25. The third-order valence-electron chi connectivity index (χ3n) is 4.08. The van der Waals surface area contributed by atoms with Crippen molar-refractivity contribution in [1.29, 1.82) is 0 Å². The second-order valence-electron chi connectivity index (χ2n) is 6.27. The van der Waals surface area contributed by atoms with E-state index >= 15 is 0 Å². The lowest BCUT2D eigenvalue weighted by molar-refractivity contribution is -0.121. The highest BCUT2D eigenvalue weighted by Gasteiger charge is 2.12. The Labute approximate surface area is 152 Å². The van der Waals surface area contributed by atoms with Crippen molar-refractivity contribution in [2.45, 2.75) is 26.9 Å². The molecule has 1 amide bonds. The Kier molecular flexibility index (Phi) is 5.27. The van der Waals surface area contributed by atoms with E-state index in [9.17, 15) is 9.59 Å². The summed E-state index contributed by atoms with van der Waals surface area (Å²) in [6.07, 6.45) is 0. The molecule has 3 rings (SSSR count). The van der Waals surface area contributed by atoms with Crippen molar-refractivity contribution in [3.8, 4) is 11.4 Å². The van der Waals surface area contributed by atoms with E-state index in [0.717, 1.165) is 11.1 Å². The van der Waals surface area contributed by atoms with Crippen LogP contribution in [0.2, 0.25) is 0 Å². The molecule has 132 valence electrons. The van der Waals surface area contributed by atoms with Gasteiger partial charge in [-0.1, -0.05) is 60.2 Å². The molecule has 1 N–H and O–H groups in total. The van der Waals surface area contributed by atoms with Gasteiger partial charge in [0, 0.05) is 23.9 Å². The molecule has 0 bridgehead atoms. The first-order valence-electron chi connectivity index (χ1n) is 8.49. The summed E-state index contributed by atoms with van der Waals surface area (Å²) >= 11 is 0. The zero-order chi connectivity index (χ0) is 18.5. The number of aryl methyl sites for hydroxylation is 2. The Morgan fingerprint density at radius 3 is 2.42 bits per heavy atom. The van der Waals surface area contributed by atoms with Crippen molar-refractivity contribution in [1.82, 2.24) is 14.9 Å². The predicted molar refractivity (Wildman–Crippen MR) is 102 cm³/mol. The Balaban J connectivity index is 1.79. The van der Waals surface area contributed by atoms with Gasteiger partial charge in [0.25, 0.3) is 5.56 Å². The average Bonchev–Trinajstić information content (AvgIpc) is 2.64. The summed E-state index contributed by atoms with van der Waals surface area (Å²) in [5, 5.41) is 2.86. The number of hydrogen-bond acceptors (Lipinski definition) is 3. The second-order valence-corrected chi connectivity index (χ2v) is 6.27. The van der Waals surface area contributed by atoms with E-state index < -0.39 is 0 Å². The number of amides is 1. The third-order valence-corrected chi connectivity index (χ3v) is 4.08. The second kappa shape index (κ2) is 7.78. The highest BCUT2D eigenvalue weighted by Crippen LogP contribution is 2.15. The molecule has 1 aromatic heterocycles. The van der Waals surface area contributed by atoms with Crippen LogP contribution in [0.15, 0.2) is 65.5 Å². The highest BCUT2D eigenvalue weighted by molar-refractivity contribution is 5.76. The van der Waals surface area contributed by atoms with E-state index in [0.29, 0.717) is 18.1 Å². The SMILES string of the molecule is Cc1ccc(CNC(=O)Cn2c(-c3ccccc3)nc(C)cc2=O)cc1. The Morgan fingerprint density at radius 1 is 1.04 bits per heavy atom. The fourth-order valence-electron chi connectivity index (χ4n) is 2.69. The molecule has 0 atom stereocenters. The molecule has 0 saturated carbocycles. The minimum Gasteiger partial charge on any atom is -0.350 e. The van der Waals surface area contributed by atoms with Gasteiger partial charge in [-0.2, -0.15) is 0 Å². The van der Waals surface area contributed by atoms with Gasteiger partial charge in [0.2, 0.25) is 5.91 Å². The molecule has 2 aromatic carbocycles. The van der Waals surface area contributed by atoms with Crippen molar-refractivity contribution in [2.75, 3.05) is 0 Å². The number of nitrogens with zero attached hydrogens (tertiary/aromatic N) is 2. The highest BCUT2D eigenvalue weighted by atomic mass is 16.2. The van der Waals surface area contributed by atoms with Gasteiger partial charge in [-0.3, -0.25) is 14.2 Å². The van der Waals surface area contributed by atoms with Crippen LogP contribution in [-0.4, -0.2) is 15.5 Å². The number of rotatable bonds is 5. The molecule has 0 fully saturated rings. The quantitative estimate of drug-likeness (QED) is 0.772. The van der Waals surface area contributed by atoms with E-state index in [1.165, 1.54) is 16.2 Å². The first-order chi connectivity index (χ1) is 12.5. The molecule has 0 aliphatic heterocycles. The van der Waals surface area contributed by atoms with Crippen molar-refractivity contribution in [3.05, 3.63) is 87.8 Å². The van der Waals surface area contributed by atoms with Gasteiger partial charge in [0.1, 0.15) is 12.4 Å². The summed E-state index contributed by atoms with van der Waals surface area (Å²) in [6.45, 7) is 4.15. The Morgan fingerprint density at radius 2 is 1.73 bits per heavy atom. The standard InChI is InChI=1S/C21H21N3O2/c1-15-8-10-17(11-9-15)13-22-19(25)14-24-20(26)12-16(2)23-21(24)18-6-4-3-5-7-18/h3-12H,13-14H2,1-2H3,(H,22,25). The van der Waals surface area contributed by atoms with Gasteiger partial charge >= 0.3 is 0 Å². The van der Waals surface area contributed by atoms with Crippen LogP contribution in [0.5, 0.6) is 0 Å². The Hall–Kier alpha value is -3.21. The fraction of sp³-hybridized carbons (Fsp3) is 0.190. The smallest absolute Gasteiger partial charge is 0.254 e. The largest absolute Gasteiger partial charge is 0.350 e. The van der Waals surface area contributed by atoms with Crippen molar-refractivity contribution >= 4 is 5.91 Å². The van der Waals surface area contributed by atoms with E-state index in [1.807, 2.05) is 61.5 Å². The number of nitrogens with one attached hydrogen (secondary N) is 1. The van der Waals surface area contributed by atoms with Crippen LogP contribution in [0.4, 0.5) is 0 Å². The topological polar surface area (TPSA) is 64.0 Å². The monoisotopic (exact) mass is 347 g/mol. The average molecular weight is 347 g/mol. The zero-order valence-corrected chi connectivity index (χ0v) is 14.9. The summed E-state index contributed by atoms with van der Waals surface area (Å²) in [6, 6.07) is 18.8. The van der Waals surface area contributed by atoms with E-state index in [-0.39, 0.29) is 18.0 Å². The van der Waals surface area contributed by atoms with Gasteiger partial charge in [-0.05, 0) is 19.4 Å². The van der Waals surface area contributed by atoms with Crippen molar-refractivity contribution in [3.63, 3.8) is 0 Å². The number of carbonyl (C=O) groups is 1. The number of hydrogen-bond donors (Lipinski definition) is 1. The lowest BCUT2D eigenvalue weighted by atomic mass is 10.1. The van der Waals surface area contributed by atoms with E-state index in [4.69, 9.17) is 0 Å². The summed E-state index contributed by atoms with van der Waals surface area (Å²) in [5.74, 6) is 0.275. The van der Waals surface area contributed by atoms with Crippen LogP contribution in [0.25, 0.3) is 11.4 Å². The molecule has 0 saturated heterocycles. The molecular weight excluding hydrogens is 326 g/mol. The zero-order valence-electron chi connectivity index (χ0n) is 14.9. The molecule has 5 heteroatoms. The van der Waals surface area contributed by atoms with Crippen LogP contribution < -0.4 is 10.9 Å². The van der Waals surface area contributed by atoms with Crippen LogP contribution in [0.3, 0.4) is 0 Å². The molecule has 0 radical (unpaired) electrons. The summed E-state index contributed by atoms with van der Waals surface area (Å²) < 4.78 is 1.41. The maximum Gasteiger partial charge on any atom is 0.254 e. The fourth-order valence-corrected chi connectivity index (χ4v) is 2.69. The molecule has 0 spiro atoms. The number of benzene rings is 2. The van der Waals surface area contributed by atoms with Crippen LogP contribution in [0.1, 0.15) is 16.8 Å². The number of carbonyl (C=O) groups excluding carboxylic acids is 1. The lowest BCUT2D eigenvalue weighted by Crippen LogP contribution is -2.33. The van der Waals surface area contributed by atoms with Gasteiger partial charge in [-0.15, -0.1) is 0 Å². The minimum atomic E-state index is -0.234. The van der Waals surface area contributed by atoms with Crippen LogP contribution in [0, 0.1) is 13.8 Å². The van der Waals surface area contributed by atoms with E-state index in [2.05, 4.69) is 10.3 Å². The van der Waals surface area contributed by atoms with Gasteiger partial charge in [0.15, 0.2) is 0 Å². The van der Waals surface area contributed by atoms with Crippen LogP contribution in [-0.2, 0) is 17.9 Å². The lowest BCUT2D eigenvalue weighted by Gasteiger charge is -2.13. The first kappa shape index (κ1) is 17.6.